The van der Waals surface area contributed by atoms with Gasteiger partial charge in [0.2, 0.25) is 5.91 Å². The van der Waals surface area contributed by atoms with Gasteiger partial charge in [0.25, 0.3) is 0 Å². The summed E-state index contributed by atoms with van der Waals surface area (Å²) in [5, 5.41) is 12.8. The van der Waals surface area contributed by atoms with Crippen molar-refractivity contribution in [2.45, 2.75) is 12.5 Å². The molecule has 2 aliphatic carbocycles. The van der Waals surface area contributed by atoms with E-state index in [1.807, 2.05) is 66.7 Å². The molecule has 0 spiro atoms. The van der Waals surface area contributed by atoms with Crippen molar-refractivity contribution in [1.82, 2.24) is 5.32 Å². The topological polar surface area (TPSA) is 75.6 Å². The molecule has 2 bridgehead atoms. The minimum Gasteiger partial charge on any atom is -0.497 e. The fraction of sp³-hybridized carbons (Fsp3) is 0.304. The van der Waals surface area contributed by atoms with Gasteiger partial charge in [0.1, 0.15) is 5.75 Å². The molecular formula is C23H23NO4. The number of methoxy groups -OCH3 is 1. The molecule has 5 atom stereocenters. The van der Waals surface area contributed by atoms with Gasteiger partial charge in [-0.1, -0.05) is 54.6 Å². The number of rotatable bonds is 6. The van der Waals surface area contributed by atoms with Crippen LogP contribution in [-0.2, 0) is 9.59 Å². The molecule has 1 amide bonds. The Morgan fingerprint density at radius 3 is 2.18 bits per heavy atom. The van der Waals surface area contributed by atoms with E-state index in [9.17, 15) is 14.7 Å². The third kappa shape index (κ3) is 3.28. The molecule has 2 aromatic rings. The Labute approximate surface area is 164 Å². The number of benzene rings is 2. The van der Waals surface area contributed by atoms with E-state index >= 15 is 0 Å². The van der Waals surface area contributed by atoms with Crippen molar-refractivity contribution in [2.75, 3.05) is 7.11 Å². The molecular weight excluding hydrogens is 354 g/mol. The van der Waals surface area contributed by atoms with Crippen molar-refractivity contribution in [2.24, 2.45) is 23.7 Å². The largest absolute Gasteiger partial charge is 0.497 e. The van der Waals surface area contributed by atoms with Gasteiger partial charge >= 0.3 is 5.97 Å². The second-order valence-corrected chi connectivity index (χ2v) is 7.46. The van der Waals surface area contributed by atoms with Gasteiger partial charge in [-0.2, -0.15) is 0 Å². The Balaban J connectivity index is 1.63. The lowest BCUT2D eigenvalue weighted by molar-refractivity contribution is -0.147. The van der Waals surface area contributed by atoms with Gasteiger partial charge in [-0.25, -0.2) is 0 Å². The molecule has 5 heteroatoms. The molecule has 0 heterocycles. The van der Waals surface area contributed by atoms with Gasteiger partial charge in [-0.05, 0) is 41.5 Å². The molecule has 4 rings (SSSR count). The SMILES string of the molecule is COc1ccc([C@@H](NC(=O)[C@@H]2[C@@H](C(=O)O)[C@H]3C=C[C@H]2C3)c2ccccc2)cc1. The molecule has 1 fully saturated rings. The molecule has 0 aliphatic heterocycles. The molecule has 0 radical (unpaired) electrons. The van der Waals surface area contributed by atoms with Gasteiger partial charge < -0.3 is 15.2 Å². The standard InChI is InChI=1S/C23H23NO4/c1-28-18-11-9-15(10-12-18)21(14-5-3-2-4-6-14)24-22(25)19-16-7-8-17(13-16)20(19)23(26)27/h2-12,16-17,19-21H,13H2,1H3,(H,24,25)(H,26,27)/t16-,17-,19-,20-,21-/m0/s1. The summed E-state index contributed by atoms with van der Waals surface area (Å²) < 4.78 is 5.23. The number of carbonyl (C=O) groups is 2. The van der Waals surface area contributed by atoms with Crippen LogP contribution in [0.5, 0.6) is 5.75 Å². The summed E-state index contributed by atoms with van der Waals surface area (Å²) in [6, 6.07) is 16.9. The third-order valence-corrected chi connectivity index (χ3v) is 5.92. The third-order valence-electron chi connectivity index (χ3n) is 5.92. The number of ether oxygens (including phenoxy) is 1. The fourth-order valence-electron chi connectivity index (χ4n) is 4.56. The number of carboxylic acid groups (broad SMARTS) is 1. The number of carbonyl (C=O) groups excluding carboxylic acids is 1. The van der Waals surface area contributed by atoms with Gasteiger partial charge in [-0.15, -0.1) is 0 Å². The van der Waals surface area contributed by atoms with Crippen LogP contribution in [0, 0.1) is 23.7 Å². The molecule has 144 valence electrons. The van der Waals surface area contributed by atoms with E-state index in [1.54, 1.807) is 7.11 Å². The molecule has 2 aromatic carbocycles. The number of hydrogen-bond acceptors (Lipinski definition) is 3. The lowest BCUT2D eigenvalue weighted by Gasteiger charge is -2.27. The first kappa shape index (κ1) is 18.3. The monoisotopic (exact) mass is 377 g/mol. The maximum atomic E-state index is 13.2. The van der Waals surface area contributed by atoms with E-state index in [-0.39, 0.29) is 23.8 Å². The number of aliphatic carboxylic acids is 1. The van der Waals surface area contributed by atoms with Crippen LogP contribution >= 0.6 is 0 Å². The van der Waals surface area contributed by atoms with E-state index in [1.165, 1.54) is 0 Å². The summed E-state index contributed by atoms with van der Waals surface area (Å²) in [5.41, 5.74) is 1.87. The zero-order valence-corrected chi connectivity index (χ0v) is 15.6. The number of amides is 1. The predicted octanol–water partition coefficient (Wildman–Crippen LogP) is 3.42. The molecule has 2 N–H and O–H groups in total. The van der Waals surface area contributed by atoms with Crippen LogP contribution in [0.25, 0.3) is 0 Å². The predicted molar refractivity (Wildman–Crippen MR) is 105 cm³/mol. The van der Waals surface area contributed by atoms with Crippen molar-refractivity contribution in [3.05, 3.63) is 77.9 Å². The molecule has 0 unspecified atom stereocenters. The Morgan fingerprint density at radius 2 is 1.57 bits per heavy atom. The Kier molecular flexibility index (Phi) is 4.90. The van der Waals surface area contributed by atoms with E-state index in [2.05, 4.69) is 5.32 Å². The smallest absolute Gasteiger partial charge is 0.307 e. The summed E-state index contributed by atoms with van der Waals surface area (Å²) in [6.07, 6.45) is 4.69. The second kappa shape index (κ2) is 7.50. The maximum absolute atomic E-state index is 13.2. The zero-order valence-electron chi connectivity index (χ0n) is 15.6. The van der Waals surface area contributed by atoms with Gasteiger partial charge in [0, 0.05) is 0 Å². The van der Waals surface area contributed by atoms with Crippen molar-refractivity contribution in [3.8, 4) is 5.75 Å². The van der Waals surface area contributed by atoms with Crippen LogP contribution in [0.2, 0.25) is 0 Å². The first-order valence-electron chi connectivity index (χ1n) is 9.49. The van der Waals surface area contributed by atoms with Gasteiger partial charge in [0.15, 0.2) is 0 Å². The van der Waals surface area contributed by atoms with Crippen molar-refractivity contribution >= 4 is 11.9 Å². The summed E-state index contributed by atoms with van der Waals surface area (Å²) in [5.74, 6) is -1.58. The van der Waals surface area contributed by atoms with Gasteiger partial charge in [0.05, 0.1) is 25.0 Å². The number of allylic oxidation sites excluding steroid dienone is 2. The fourth-order valence-corrected chi connectivity index (χ4v) is 4.56. The zero-order chi connectivity index (χ0) is 19.7. The summed E-state index contributed by atoms with van der Waals surface area (Å²) >= 11 is 0. The Bertz CT molecular complexity index is 891. The number of nitrogens with one attached hydrogen (secondary N) is 1. The molecule has 5 nitrogen and oxygen atoms in total. The van der Waals surface area contributed by atoms with Crippen LogP contribution in [0.4, 0.5) is 0 Å². The molecule has 0 saturated heterocycles. The molecule has 0 aromatic heterocycles. The van der Waals surface area contributed by atoms with E-state index in [0.717, 1.165) is 23.3 Å². The van der Waals surface area contributed by atoms with Gasteiger partial charge in [-0.3, -0.25) is 9.59 Å². The highest BCUT2D eigenvalue weighted by Gasteiger charge is 2.51. The average Bonchev–Trinajstić information content (AvgIpc) is 3.34. The van der Waals surface area contributed by atoms with E-state index in [0.29, 0.717) is 0 Å². The Hall–Kier alpha value is -3.08. The van der Waals surface area contributed by atoms with Crippen LogP contribution in [-0.4, -0.2) is 24.1 Å². The minimum atomic E-state index is -0.891. The lowest BCUT2D eigenvalue weighted by Crippen LogP contribution is -2.41. The average molecular weight is 377 g/mol. The highest BCUT2D eigenvalue weighted by molar-refractivity contribution is 5.87. The van der Waals surface area contributed by atoms with E-state index in [4.69, 9.17) is 4.74 Å². The molecule has 1 saturated carbocycles. The minimum absolute atomic E-state index is 0.00149. The normalized spacial score (nSPS) is 26.0. The van der Waals surface area contributed by atoms with Crippen LogP contribution in [0.3, 0.4) is 0 Å². The Morgan fingerprint density at radius 1 is 0.964 bits per heavy atom. The maximum Gasteiger partial charge on any atom is 0.307 e. The molecule has 28 heavy (non-hydrogen) atoms. The highest BCUT2D eigenvalue weighted by Crippen LogP contribution is 2.48. The summed E-state index contributed by atoms with van der Waals surface area (Å²) in [4.78, 5) is 25.0. The quantitative estimate of drug-likeness (QED) is 0.757. The highest BCUT2D eigenvalue weighted by atomic mass is 16.5. The van der Waals surface area contributed by atoms with Crippen molar-refractivity contribution < 1.29 is 19.4 Å². The van der Waals surface area contributed by atoms with Crippen LogP contribution < -0.4 is 10.1 Å². The van der Waals surface area contributed by atoms with Crippen LogP contribution in [0.15, 0.2) is 66.7 Å². The second-order valence-electron chi connectivity index (χ2n) is 7.46. The first-order valence-corrected chi connectivity index (χ1v) is 9.49. The van der Waals surface area contributed by atoms with Crippen LogP contribution in [0.1, 0.15) is 23.6 Å². The molecule has 2 aliphatic rings. The summed E-state index contributed by atoms with van der Waals surface area (Å²) in [7, 11) is 1.61. The summed E-state index contributed by atoms with van der Waals surface area (Å²) in [6.45, 7) is 0. The number of carboxylic acids is 1. The first-order chi connectivity index (χ1) is 13.6. The number of fused-ring (bicyclic) bond motifs is 2. The van der Waals surface area contributed by atoms with E-state index < -0.39 is 17.8 Å². The lowest BCUT2D eigenvalue weighted by atomic mass is 9.82. The van der Waals surface area contributed by atoms with Crippen molar-refractivity contribution in [3.63, 3.8) is 0 Å². The van der Waals surface area contributed by atoms with Crippen molar-refractivity contribution in [1.29, 1.82) is 0 Å². The number of hydrogen-bond donors (Lipinski definition) is 2.